The number of nitrogens with zero attached hydrogens (tertiary/aromatic N) is 3. The lowest BCUT2D eigenvalue weighted by atomic mass is 10.1. The Hall–Kier alpha value is -7.35. The molecule has 0 fully saturated rings. The number of alkyl halides is 5. The van der Waals surface area contributed by atoms with Crippen molar-refractivity contribution in [2.75, 3.05) is 19.6 Å². The van der Waals surface area contributed by atoms with Crippen LogP contribution in [0.2, 0.25) is 0 Å². The number of carbonyl (C=O) groups is 6. The van der Waals surface area contributed by atoms with Crippen molar-refractivity contribution in [1.82, 2.24) is 14.7 Å². The maximum atomic E-state index is 14.0. The van der Waals surface area contributed by atoms with Crippen LogP contribution < -0.4 is 0 Å². The first kappa shape index (κ1) is 60.9. The normalized spacial score (nSPS) is 14.4. The van der Waals surface area contributed by atoms with Crippen molar-refractivity contribution in [2.45, 2.75) is 30.0 Å². The summed E-state index contributed by atoms with van der Waals surface area (Å²) in [4.78, 5) is 70.8. The molecule has 25 heteroatoms. The highest BCUT2D eigenvalue weighted by Crippen LogP contribution is 2.43. The van der Waals surface area contributed by atoms with E-state index < -0.39 is 111 Å². The van der Waals surface area contributed by atoms with Crippen molar-refractivity contribution in [3.63, 3.8) is 0 Å². The highest BCUT2D eigenvalue weighted by Gasteiger charge is 2.41. The summed E-state index contributed by atoms with van der Waals surface area (Å²) in [5, 5.41) is -5.67. The molecule has 0 radical (unpaired) electrons. The van der Waals surface area contributed by atoms with Gasteiger partial charge in [0, 0.05) is 21.2 Å². The van der Waals surface area contributed by atoms with Gasteiger partial charge in [-0.15, -0.1) is 24.4 Å². The number of carbonyl (C=O) groups excluding carboxylic acids is 6. The van der Waals surface area contributed by atoms with Crippen LogP contribution in [0.5, 0.6) is 0 Å². The fourth-order valence-electron chi connectivity index (χ4n) is 7.11. The lowest BCUT2D eigenvalue weighted by Gasteiger charge is -2.21. The van der Waals surface area contributed by atoms with Gasteiger partial charge in [0.15, 0.2) is 17.5 Å². The number of thioether (sulfide) groups is 2. The largest absolute Gasteiger partial charge is 0.351 e. The van der Waals surface area contributed by atoms with Gasteiger partial charge in [-0.2, -0.15) is 26.3 Å². The lowest BCUT2D eigenvalue weighted by Crippen LogP contribution is -2.36. The van der Waals surface area contributed by atoms with E-state index in [1.807, 2.05) is 15.9 Å². The molecule has 0 aliphatic carbocycles. The first-order valence-electron chi connectivity index (χ1n) is 22.3. The summed E-state index contributed by atoms with van der Waals surface area (Å²) in [6, 6.07) is 34.4. The third-order valence-corrected chi connectivity index (χ3v) is 13.9. The van der Waals surface area contributed by atoms with E-state index in [2.05, 4.69) is 12.6 Å². The molecule has 9 rings (SSSR count). The Kier molecular flexibility index (Phi) is 20.4. The molecule has 0 N–H and O–H groups in total. The number of hydrogen-bond donors (Lipinski definition) is 1. The Morgan fingerprint density at radius 3 is 1.15 bits per heavy atom. The molecular formula is C54H34BrF12N3O6S3. The molecule has 0 aromatic heterocycles. The van der Waals surface area contributed by atoms with Crippen LogP contribution in [-0.2, 0) is 0 Å². The van der Waals surface area contributed by atoms with Crippen LogP contribution in [0.1, 0.15) is 62.1 Å². The summed E-state index contributed by atoms with van der Waals surface area (Å²) < 4.78 is 159. The van der Waals surface area contributed by atoms with Crippen molar-refractivity contribution in [1.29, 1.82) is 0 Å². The molecular weight excluding hydrogens is 1190 g/mol. The minimum atomic E-state index is -4.04. The standard InChI is InChI=1S/2C18H11F4NO2S.C12H7BrF3NO2.C6H5FS/c19-13-7-3-4-8-14(13)26-18(21,22)15(20)9-10-23-16(24)11-5-1-2-6-12(11)17(23)25;19-12-7-3-4-8-13(12)26-14(15(20)16(21)22)9-23-17(24)10-5-1-2-6-11(10)18(23)25;13-12(15,16)9(14)5-6-17-10(18)7-3-1-2-4-8(7)11(17)19;7-5-3-1-2-4-6(5)8/h1-9H,10H2;1-8,14H,9H2;1-5H,6H2;1-4,8H/b15-9-;;9-5-;. The Morgan fingerprint density at radius 2 is 0.810 bits per heavy atom. The lowest BCUT2D eigenvalue weighted by molar-refractivity contribution is 0.0643. The summed E-state index contributed by atoms with van der Waals surface area (Å²) in [6.45, 7) is -1.83. The van der Waals surface area contributed by atoms with Crippen molar-refractivity contribution in [3.05, 3.63) is 232 Å². The fourth-order valence-corrected chi connectivity index (χ4v) is 9.26. The number of halogens is 13. The van der Waals surface area contributed by atoms with Gasteiger partial charge in [-0.25, -0.2) is 26.3 Å². The molecule has 6 amide bonds. The van der Waals surface area contributed by atoms with E-state index in [1.165, 1.54) is 72.8 Å². The Labute approximate surface area is 463 Å². The number of imide groups is 3. The molecule has 9 nitrogen and oxygen atoms in total. The fraction of sp³-hybridized carbons (Fsp3) is 0.111. The van der Waals surface area contributed by atoms with E-state index in [4.69, 9.17) is 0 Å². The number of hydrogen-bond acceptors (Lipinski definition) is 9. The van der Waals surface area contributed by atoms with Gasteiger partial charge < -0.3 is 0 Å². The predicted molar refractivity (Wildman–Crippen MR) is 275 cm³/mol. The molecule has 3 heterocycles. The average Bonchev–Trinajstić information content (AvgIpc) is 4.02. The minimum absolute atomic E-state index is 0.0643. The Balaban J connectivity index is 0.000000180. The van der Waals surface area contributed by atoms with E-state index in [0.29, 0.717) is 43.5 Å². The van der Waals surface area contributed by atoms with Gasteiger partial charge in [-0.3, -0.25) is 43.5 Å². The van der Waals surface area contributed by atoms with Gasteiger partial charge in [0.25, 0.3) is 35.4 Å². The molecule has 1 atom stereocenters. The van der Waals surface area contributed by atoms with Crippen molar-refractivity contribution in [3.8, 4) is 0 Å². The Bertz CT molecular complexity index is 3300. The third kappa shape index (κ3) is 14.9. The number of thiol groups is 1. The topological polar surface area (TPSA) is 112 Å². The van der Waals surface area contributed by atoms with Crippen LogP contribution in [0.25, 0.3) is 0 Å². The molecule has 6 aromatic rings. The van der Waals surface area contributed by atoms with Crippen LogP contribution in [0.15, 0.2) is 196 Å². The highest BCUT2D eigenvalue weighted by molar-refractivity contribution is 9.10. The number of amides is 6. The van der Waals surface area contributed by atoms with Crippen molar-refractivity contribution in [2.24, 2.45) is 0 Å². The maximum absolute atomic E-state index is 14.0. The summed E-state index contributed by atoms with van der Waals surface area (Å²) in [5.41, 5.74) is 0.894. The molecule has 3 aliphatic heterocycles. The van der Waals surface area contributed by atoms with E-state index in [9.17, 15) is 81.5 Å². The van der Waals surface area contributed by atoms with Crippen LogP contribution in [-0.4, -0.2) is 85.1 Å². The first-order valence-corrected chi connectivity index (χ1v) is 25.3. The molecule has 0 bridgehead atoms. The highest BCUT2D eigenvalue weighted by atomic mass is 79.9. The molecule has 0 spiro atoms. The second-order valence-corrected chi connectivity index (χ2v) is 19.9. The second kappa shape index (κ2) is 26.5. The summed E-state index contributed by atoms with van der Waals surface area (Å²) in [7, 11) is 0. The maximum Gasteiger partial charge on any atom is 0.351 e. The molecule has 3 aliphatic rings. The zero-order valence-corrected chi connectivity index (χ0v) is 43.8. The molecule has 0 saturated carbocycles. The first-order chi connectivity index (χ1) is 37.3. The summed E-state index contributed by atoms with van der Waals surface area (Å²) in [6.07, 6.45) is -1.62. The summed E-state index contributed by atoms with van der Waals surface area (Å²) in [5.74, 6) is -11.3. The number of allylic oxidation sites excluding steroid dienone is 1. The van der Waals surface area contributed by atoms with Crippen molar-refractivity contribution >= 4 is 87.5 Å². The van der Waals surface area contributed by atoms with Gasteiger partial charge in [0.2, 0.25) is 0 Å². The van der Waals surface area contributed by atoms with Crippen LogP contribution in [0.4, 0.5) is 52.7 Å². The van der Waals surface area contributed by atoms with Crippen LogP contribution in [0.3, 0.4) is 0 Å². The van der Waals surface area contributed by atoms with E-state index in [-0.39, 0.29) is 55.9 Å². The molecule has 410 valence electrons. The third-order valence-electron chi connectivity index (χ3n) is 10.9. The summed E-state index contributed by atoms with van der Waals surface area (Å²) >= 11 is 5.87. The molecule has 0 saturated heterocycles. The van der Waals surface area contributed by atoms with Gasteiger partial charge in [-0.05, 0) is 113 Å². The van der Waals surface area contributed by atoms with Gasteiger partial charge in [0.1, 0.15) is 17.5 Å². The average molecular weight is 1220 g/mol. The second-order valence-electron chi connectivity index (χ2n) is 16.0. The van der Waals surface area contributed by atoms with Gasteiger partial charge in [-0.1, -0.05) is 72.8 Å². The minimum Gasteiger partial charge on any atom is -0.273 e. The molecule has 79 heavy (non-hydrogen) atoms. The number of rotatable bonds is 13. The van der Waals surface area contributed by atoms with E-state index in [0.717, 1.165) is 18.2 Å². The molecule has 6 aromatic carbocycles. The monoisotopic (exact) mass is 1220 g/mol. The van der Waals surface area contributed by atoms with Gasteiger partial charge in [0.05, 0.1) is 51.7 Å². The zero-order chi connectivity index (χ0) is 57.9. The van der Waals surface area contributed by atoms with Gasteiger partial charge >= 0.3 is 16.2 Å². The van der Waals surface area contributed by atoms with E-state index >= 15 is 0 Å². The smallest absolute Gasteiger partial charge is 0.273 e. The SMILES string of the molecule is Fc1ccccc1S.O=C1c2ccccc2C(=O)N1C/C=C(\F)C(F)(F)Br.O=C1c2ccccc2C(=O)N1C/C=C(\F)C(F)(F)Sc1ccccc1F.O=C1c2ccccc2C(=O)N1CC(Sc1ccccc1F)C(F)=C(F)F. The van der Waals surface area contributed by atoms with E-state index in [1.54, 1.807) is 54.6 Å². The zero-order valence-electron chi connectivity index (χ0n) is 39.7. The predicted octanol–water partition coefficient (Wildman–Crippen LogP) is 14.6. The van der Waals surface area contributed by atoms with Crippen LogP contribution in [0, 0.1) is 17.5 Å². The quantitative estimate of drug-likeness (QED) is 0.0400. The number of fused-ring (bicyclic) bond motifs is 3. The molecule has 1 unspecified atom stereocenters. The van der Waals surface area contributed by atoms with Crippen LogP contribution >= 0.6 is 52.1 Å². The Morgan fingerprint density at radius 1 is 0.481 bits per heavy atom. The van der Waals surface area contributed by atoms with Crippen molar-refractivity contribution < 1.29 is 81.5 Å². The number of benzene rings is 6.